The van der Waals surface area contributed by atoms with Crippen molar-refractivity contribution in [3.8, 4) is 0 Å². The number of benzene rings is 1. The maximum atomic E-state index is 14.6. The Morgan fingerprint density at radius 2 is 2.07 bits per heavy atom. The van der Waals surface area contributed by atoms with E-state index in [1.165, 1.54) is 6.08 Å². The van der Waals surface area contributed by atoms with E-state index in [9.17, 15) is 9.18 Å². The number of amides is 1. The van der Waals surface area contributed by atoms with Crippen molar-refractivity contribution in [1.82, 2.24) is 20.6 Å². The van der Waals surface area contributed by atoms with Gasteiger partial charge in [0.1, 0.15) is 17.2 Å². The number of hydrogen-bond acceptors (Lipinski definition) is 5. The largest absolute Gasteiger partial charge is 0.398 e. The highest BCUT2D eigenvalue weighted by Crippen LogP contribution is 2.39. The summed E-state index contributed by atoms with van der Waals surface area (Å²) in [5.41, 5.74) is 8.76. The summed E-state index contributed by atoms with van der Waals surface area (Å²) in [5.74, 6) is -0.423. The van der Waals surface area contributed by atoms with Crippen molar-refractivity contribution in [2.45, 2.75) is 18.9 Å². The predicted molar refractivity (Wildman–Crippen MR) is 111 cm³/mol. The number of allylic oxidation sites excluding steroid dienone is 2. The van der Waals surface area contributed by atoms with Crippen molar-refractivity contribution >= 4 is 28.2 Å². The van der Waals surface area contributed by atoms with Gasteiger partial charge in [-0.3, -0.25) is 4.79 Å². The van der Waals surface area contributed by atoms with Crippen molar-refractivity contribution in [3.63, 3.8) is 0 Å². The molecule has 1 unspecified atom stereocenters. The van der Waals surface area contributed by atoms with Crippen LogP contribution in [0.15, 0.2) is 47.4 Å². The number of carbonyl (C=O) groups is 1. The van der Waals surface area contributed by atoms with Crippen molar-refractivity contribution in [3.05, 3.63) is 53.3 Å². The number of aromatic nitrogens is 2. The molecule has 8 heteroatoms. The highest BCUT2D eigenvalue weighted by molar-refractivity contribution is 6.22. The molecule has 0 saturated carbocycles. The maximum Gasteiger partial charge on any atom is 0.257 e. The van der Waals surface area contributed by atoms with Gasteiger partial charge in [-0.2, -0.15) is 0 Å². The van der Waals surface area contributed by atoms with Crippen LogP contribution in [0.2, 0.25) is 0 Å². The third kappa shape index (κ3) is 2.82. The number of imidazole rings is 1. The van der Waals surface area contributed by atoms with Crippen LogP contribution in [-0.2, 0) is 4.79 Å². The highest BCUT2D eigenvalue weighted by Gasteiger charge is 2.42. The standard InChI is InChI=1S/C21H23FN6O/c1-21-6-2-3-13(22)17(21)18(23)16(20(29)27-21)19-25-14-5-4-12(11-15(14)26-19)28-9-7-24-8-10-28/h2-5,11,24H,6-10,23H2,1H3,(H,25,26)(H,27,29). The zero-order chi connectivity index (χ0) is 20.2. The van der Waals surface area contributed by atoms with Crippen LogP contribution in [0.4, 0.5) is 10.1 Å². The van der Waals surface area contributed by atoms with Gasteiger partial charge in [-0.05, 0) is 37.6 Å². The van der Waals surface area contributed by atoms with Gasteiger partial charge in [-0.1, -0.05) is 6.08 Å². The van der Waals surface area contributed by atoms with E-state index in [0.29, 0.717) is 17.8 Å². The zero-order valence-electron chi connectivity index (χ0n) is 16.2. The number of anilines is 1. The second-order valence-electron chi connectivity index (χ2n) is 7.93. The molecule has 150 valence electrons. The monoisotopic (exact) mass is 394 g/mol. The lowest BCUT2D eigenvalue weighted by molar-refractivity contribution is -0.117. The number of fused-ring (bicyclic) bond motifs is 2. The number of carbonyl (C=O) groups excluding carboxylic acids is 1. The van der Waals surface area contributed by atoms with Gasteiger partial charge in [-0.15, -0.1) is 0 Å². The molecule has 3 aliphatic rings. The van der Waals surface area contributed by atoms with Crippen LogP contribution in [-0.4, -0.2) is 47.6 Å². The van der Waals surface area contributed by atoms with Crippen LogP contribution in [0, 0.1) is 0 Å². The number of halogens is 1. The molecule has 2 aromatic rings. The molecule has 1 saturated heterocycles. The number of rotatable bonds is 2. The van der Waals surface area contributed by atoms with Gasteiger partial charge in [0, 0.05) is 37.4 Å². The molecule has 0 spiro atoms. The lowest BCUT2D eigenvalue weighted by Gasteiger charge is -2.39. The van der Waals surface area contributed by atoms with Crippen LogP contribution in [0.1, 0.15) is 19.2 Å². The smallest absolute Gasteiger partial charge is 0.257 e. The van der Waals surface area contributed by atoms with E-state index < -0.39 is 11.4 Å². The number of nitrogens with zero attached hydrogens (tertiary/aromatic N) is 2. The molecule has 5 N–H and O–H groups in total. The molecular formula is C21H23FN6O. The Hall–Kier alpha value is -3.13. The van der Waals surface area contributed by atoms with E-state index in [-0.39, 0.29) is 17.2 Å². The summed E-state index contributed by atoms with van der Waals surface area (Å²) in [4.78, 5) is 22.9. The Morgan fingerprint density at radius 1 is 1.28 bits per heavy atom. The molecule has 29 heavy (non-hydrogen) atoms. The predicted octanol–water partition coefficient (Wildman–Crippen LogP) is 1.71. The Morgan fingerprint density at radius 3 is 2.86 bits per heavy atom. The van der Waals surface area contributed by atoms with Crippen molar-refractivity contribution in [2.75, 3.05) is 31.1 Å². The van der Waals surface area contributed by atoms with Gasteiger partial charge >= 0.3 is 0 Å². The Kier molecular flexibility index (Phi) is 3.99. The highest BCUT2D eigenvalue weighted by atomic mass is 19.1. The molecule has 5 rings (SSSR count). The molecule has 1 aromatic carbocycles. The van der Waals surface area contributed by atoms with Crippen molar-refractivity contribution in [1.29, 1.82) is 0 Å². The second-order valence-corrected chi connectivity index (χ2v) is 7.93. The van der Waals surface area contributed by atoms with Crippen LogP contribution < -0.4 is 21.3 Å². The molecule has 0 radical (unpaired) electrons. The first-order chi connectivity index (χ1) is 14.0. The maximum absolute atomic E-state index is 14.6. The normalized spacial score (nSPS) is 24.9. The van der Waals surface area contributed by atoms with Crippen LogP contribution in [0.25, 0.3) is 16.6 Å². The summed E-state index contributed by atoms with van der Waals surface area (Å²) in [5, 5.41) is 6.25. The van der Waals surface area contributed by atoms with Gasteiger partial charge < -0.3 is 26.3 Å². The van der Waals surface area contributed by atoms with Crippen molar-refractivity contribution < 1.29 is 9.18 Å². The van der Waals surface area contributed by atoms with E-state index in [2.05, 4.69) is 25.5 Å². The van der Waals surface area contributed by atoms with Gasteiger partial charge in [0.25, 0.3) is 5.91 Å². The first kappa shape index (κ1) is 17.9. The number of aromatic amines is 1. The molecule has 1 amide bonds. The summed E-state index contributed by atoms with van der Waals surface area (Å²) in [6, 6.07) is 5.99. The molecule has 7 nitrogen and oxygen atoms in total. The van der Waals surface area contributed by atoms with E-state index in [0.717, 1.165) is 42.9 Å². The van der Waals surface area contributed by atoms with Gasteiger partial charge in [-0.25, -0.2) is 9.37 Å². The fourth-order valence-corrected chi connectivity index (χ4v) is 4.42. The van der Waals surface area contributed by atoms with E-state index >= 15 is 0 Å². The molecule has 1 fully saturated rings. The SMILES string of the molecule is CC12CC=CC(F)=C1C(N)=C(c1nc3ccc(N4CCNCC4)cc3[nH]1)C(=O)N2. The minimum absolute atomic E-state index is 0.138. The van der Waals surface area contributed by atoms with Gasteiger partial charge in [0.2, 0.25) is 0 Å². The number of nitrogens with one attached hydrogen (secondary N) is 3. The third-order valence-corrected chi connectivity index (χ3v) is 5.92. The van der Waals surface area contributed by atoms with Crippen LogP contribution >= 0.6 is 0 Å². The first-order valence-corrected chi connectivity index (χ1v) is 9.81. The summed E-state index contributed by atoms with van der Waals surface area (Å²) < 4.78 is 14.6. The number of piperazine rings is 1. The zero-order valence-corrected chi connectivity index (χ0v) is 16.2. The molecule has 0 bridgehead atoms. The van der Waals surface area contributed by atoms with Gasteiger partial charge in [0.15, 0.2) is 0 Å². The number of hydrogen-bond donors (Lipinski definition) is 4. The summed E-state index contributed by atoms with van der Waals surface area (Å²) >= 11 is 0. The summed E-state index contributed by atoms with van der Waals surface area (Å²) in [6.45, 7) is 5.55. The van der Waals surface area contributed by atoms with Gasteiger partial charge in [0.05, 0.1) is 22.3 Å². The average Bonchev–Trinajstić information content (AvgIpc) is 3.10. The van der Waals surface area contributed by atoms with E-state index in [1.54, 1.807) is 13.0 Å². The molecular weight excluding hydrogens is 371 g/mol. The number of nitrogens with two attached hydrogens (primary N) is 1. The fourth-order valence-electron chi connectivity index (χ4n) is 4.42. The molecule has 1 atom stereocenters. The summed E-state index contributed by atoms with van der Waals surface area (Å²) in [7, 11) is 0. The minimum atomic E-state index is -0.842. The third-order valence-electron chi connectivity index (χ3n) is 5.92. The molecule has 3 heterocycles. The minimum Gasteiger partial charge on any atom is -0.398 e. The number of H-pyrrole nitrogens is 1. The quantitative estimate of drug-likeness (QED) is 0.622. The average molecular weight is 394 g/mol. The molecule has 1 aromatic heterocycles. The second kappa shape index (κ2) is 6.45. The molecule has 2 aliphatic heterocycles. The Balaban J connectivity index is 1.59. The van der Waals surface area contributed by atoms with E-state index in [1.807, 2.05) is 18.2 Å². The van der Waals surface area contributed by atoms with E-state index in [4.69, 9.17) is 5.73 Å². The summed E-state index contributed by atoms with van der Waals surface area (Å²) in [6.07, 6.45) is 3.59. The fraction of sp³-hybridized carbons (Fsp3) is 0.333. The lowest BCUT2D eigenvalue weighted by Crippen LogP contribution is -2.53. The lowest BCUT2D eigenvalue weighted by atomic mass is 9.78. The van der Waals surface area contributed by atoms with Crippen molar-refractivity contribution in [2.24, 2.45) is 5.73 Å². The Labute approximate surface area is 167 Å². The molecule has 1 aliphatic carbocycles. The van der Waals surface area contributed by atoms with Crippen LogP contribution in [0.3, 0.4) is 0 Å². The topological polar surface area (TPSA) is 99.1 Å². The van der Waals surface area contributed by atoms with Crippen LogP contribution in [0.5, 0.6) is 0 Å². The first-order valence-electron chi connectivity index (χ1n) is 9.81. The Bertz CT molecular complexity index is 1110.